The Labute approximate surface area is 80.2 Å². The van der Waals surface area contributed by atoms with Gasteiger partial charge in [-0.3, -0.25) is 4.68 Å². The molecule has 2 aromatic rings. The fourth-order valence-electron chi connectivity index (χ4n) is 1.42. The summed E-state index contributed by atoms with van der Waals surface area (Å²) in [5.74, 6) is -0.247. The van der Waals surface area contributed by atoms with E-state index in [0.29, 0.717) is 5.65 Å². The summed E-state index contributed by atoms with van der Waals surface area (Å²) in [6.07, 6.45) is 0. The lowest BCUT2D eigenvalue weighted by molar-refractivity contribution is 0.453. The molecule has 0 bridgehead atoms. The van der Waals surface area contributed by atoms with Crippen molar-refractivity contribution in [3.63, 3.8) is 0 Å². The summed E-state index contributed by atoms with van der Waals surface area (Å²) in [6, 6.07) is 3.47. The zero-order valence-corrected chi connectivity index (χ0v) is 7.81. The number of nitrogens with zero attached hydrogens (tertiary/aromatic N) is 4. The van der Waals surface area contributed by atoms with Crippen LogP contribution in [0.2, 0.25) is 0 Å². The molecule has 0 saturated carbocycles. The van der Waals surface area contributed by atoms with E-state index in [9.17, 15) is 5.11 Å². The van der Waals surface area contributed by atoms with E-state index in [0.717, 1.165) is 11.1 Å². The van der Waals surface area contributed by atoms with E-state index in [1.165, 1.54) is 0 Å². The van der Waals surface area contributed by atoms with Gasteiger partial charge in [0.2, 0.25) is 5.88 Å². The van der Waals surface area contributed by atoms with Gasteiger partial charge >= 0.3 is 0 Å². The third-order valence-electron chi connectivity index (χ3n) is 2.10. The first-order chi connectivity index (χ1) is 6.63. The predicted molar refractivity (Wildman–Crippen MR) is 49.6 cm³/mol. The van der Waals surface area contributed by atoms with Crippen molar-refractivity contribution in [3.05, 3.63) is 17.3 Å². The van der Waals surface area contributed by atoms with Gasteiger partial charge in [-0.15, -0.1) is 0 Å². The summed E-state index contributed by atoms with van der Waals surface area (Å²) in [7, 11) is 1.74. The molecule has 0 atom stereocenters. The van der Waals surface area contributed by atoms with Crippen molar-refractivity contribution in [2.45, 2.75) is 6.92 Å². The Hall–Kier alpha value is -2.09. The number of aromatic hydroxyl groups is 1. The molecular formula is C9H8N4O. The van der Waals surface area contributed by atoms with E-state index < -0.39 is 0 Å². The van der Waals surface area contributed by atoms with E-state index in [2.05, 4.69) is 10.1 Å². The van der Waals surface area contributed by atoms with Crippen molar-refractivity contribution in [1.82, 2.24) is 14.8 Å². The van der Waals surface area contributed by atoms with Crippen LogP contribution >= 0.6 is 0 Å². The van der Waals surface area contributed by atoms with Crippen LogP contribution in [0.1, 0.15) is 11.3 Å². The first-order valence-corrected chi connectivity index (χ1v) is 4.07. The SMILES string of the molecule is Cc1nn(C)c2nc(O)c(C#N)cc12. The maximum absolute atomic E-state index is 9.37. The van der Waals surface area contributed by atoms with Crippen LogP contribution in [0.15, 0.2) is 6.07 Å². The standard InChI is InChI=1S/C9H8N4O/c1-5-7-3-6(4-10)9(14)11-8(7)13(2)12-5/h3H,1-2H3,(H,11,14). The minimum Gasteiger partial charge on any atom is -0.492 e. The highest BCUT2D eigenvalue weighted by Gasteiger charge is 2.10. The molecule has 1 N–H and O–H groups in total. The van der Waals surface area contributed by atoms with Crippen LogP contribution in [-0.2, 0) is 7.05 Å². The van der Waals surface area contributed by atoms with Crippen molar-refractivity contribution in [2.24, 2.45) is 7.05 Å². The van der Waals surface area contributed by atoms with E-state index in [1.807, 2.05) is 13.0 Å². The van der Waals surface area contributed by atoms with Crippen LogP contribution < -0.4 is 0 Å². The number of aryl methyl sites for hydroxylation is 2. The van der Waals surface area contributed by atoms with Gasteiger partial charge in [0, 0.05) is 12.4 Å². The van der Waals surface area contributed by atoms with Crippen LogP contribution in [0, 0.1) is 18.3 Å². The highest BCUT2D eigenvalue weighted by Crippen LogP contribution is 2.22. The van der Waals surface area contributed by atoms with Gasteiger partial charge in [-0.1, -0.05) is 0 Å². The first-order valence-electron chi connectivity index (χ1n) is 4.07. The number of aromatic nitrogens is 3. The number of rotatable bonds is 0. The fourth-order valence-corrected chi connectivity index (χ4v) is 1.42. The highest BCUT2D eigenvalue weighted by molar-refractivity contribution is 5.80. The maximum atomic E-state index is 9.37. The molecule has 0 fully saturated rings. The van der Waals surface area contributed by atoms with E-state index in [-0.39, 0.29) is 11.4 Å². The molecule has 5 nitrogen and oxygen atoms in total. The summed E-state index contributed by atoms with van der Waals surface area (Å²) >= 11 is 0. The largest absolute Gasteiger partial charge is 0.492 e. The fraction of sp³-hybridized carbons (Fsp3) is 0.222. The van der Waals surface area contributed by atoms with Gasteiger partial charge in [0.15, 0.2) is 5.65 Å². The molecule has 70 valence electrons. The van der Waals surface area contributed by atoms with Crippen LogP contribution in [0.5, 0.6) is 5.88 Å². The number of fused-ring (bicyclic) bond motifs is 1. The Balaban J connectivity index is 2.91. The van der Waals surface area contributed by atoms with Crippen molar-refractivity contribution in [1.29, 1.82) is 5.26 Å². The Bertz CT molecular complexity index is 550. The van der Waals surface area contributed by atoms with Gasteiger partial charge in [-0.2, -0.15) is 15.3 Å². The second kappa shape index (κ2) is 2.70. The second-order valence-electron chi connectivity index (χ2n) is 3.05. The summed E-state index contributed by atoms with van der Waals surface area (Å²) in [6.45, 7) is 1.84. The first kappa shape index (κ1) is 8.51. The second-order valence-corrected chi connectivity index (χ2v) is 3.05. The average molecular weight is 188 g/mol. The van der Waals surface area contributed by atoms with Gasteiger partial charge in [-0.05, 0) is 13.0 Å². The lowest BCUT2D eigenvalue weighted by Gasteiger charge is -1.96. The molecule has 2 aromatic heterocycles. The molecule has 0 radical (unpaired) electrons. The Kier molecular flexibility index (Phi) is 1.64. The number of pyridine rings is 1. The lowest BCUT2D eigenvalue weighted by atomic mass is 10.2. The van der Waals surface area contributed by atoms with Crippen LogP contribution in [0.4, 0.5) is 0 Å². The summed E-state index contributed by atoms with van der Waals surface area (Å²) < 4.78 is 1.57. The van der Waals surface area contributed by atoms with Crippen molar-refractivity contribution < 1.29 is 5.11 Å². The zero-order chi connectivity index (χ0) is 10.3. The molecule has 5 heteroatoms. The van der Waals surface area contributed by atoms with Crippen molar-refractivity contribution in [3.8, 4) is 11.9 Å². The number of hydrogen-bond acceptors (Lipinski definition) is 4. The molecule has 0 amide bonds. The maximum Gasteiger partial charge on any atom is 0.231 e. The van der Waals surface area contributed by atoms with E-state index in [1.54, 1.807) is 17.8 Å². The molecule has 0 aliphatic carbocycles. The van der Waals surface area contributed by atoms with Gasteiger partial charge in [0.05, 0.1) is 5.69 Å². The van der Waals surface area contributed by atoms with Gasteiger partial charge < -0.3 is 5.11 Å². The molecule has 0 saturated heterocycles. The monoisotopic (exact) mass is 188 g/mol. The minimum absolute atomic E-state index is 0.175. The van der Waals surface area contributed by atoms with Crippen molar-refractivity contribution in [2.75, 3.05) is 0 Å². The smallest absolute Gasteiger partial charge is 0.231 e. The number of hydrogen-bond donors (Lipinski definition) is 1. The molecule has 14 heavy (non-hydrogen) atoms. The average Bonchev–Trinajstić information content (AvgIpc) is 2.41. The molecule has 0 aliphatic rings. The van der Waals surface area contributed by atoms with Gasteiger partial charge in [0.1, 0.15) is 11.6 Å². The summed E-state index contributed by atoms with van der Waals surface area (Å²) in [5, 5.41) is 23.0. The van der Waals surface area contributed by atoms with Crippen LogP contribution in [0.25, 0.3) is 11.0 Å². The Morgan fingerprint density at radius 2 is 2.29 bits per heavy atom. The Morgan fingerprint density at radius 1 is 1.57 bits per heavy atom. The molecular weight excluding hydrogens is 180 g/mol. The third-order valence-corrected chi connectivity index (χ3v) is 2.10. The zero-order valence-electron chi connectivity index (χ0n) is 7.81. The quantitative estimate of drug-likeness (QED) is 0.665. The van der Waals surface area contributed by atoms with E-state index in [4.69, 9.17) is 5.26 Å². The molecule has 2 heterocycles. The molecule has 0 spiro atoms. The molecule has 0 aromatic carbocycles. The highest BCUT2D eigenvalue weighted by atomic mass is 16.3. The van der Waals surface area contributed by atoms with Crippen molar-refractivity contribution >= 4 is 11.0 Å². The normalized spacial score (nSPS) is 10.4. The number of nitriles is 1. The summed E-state index contributed by atoms with van der Waals surface area (Å²) in [5.41, 5.74) is 1.55. The topological polar surface area (TPSA) is 74.7 Å². The predicted octanol–water partition coefficient (Wildman–Crippen LogP) is 0.854. The lowest BCUT2D eigenvalue weighted by Crippen LogP contribution is -1.92. The minimum atomic E-state index is -0.247. The van der Waals surface area contributed by atoms with Crippen LogP contribution in [0.3, 0.4) is 0 Å². The third kappa shape index (κ3) is 1.01. The van der Waals surface area contributed by atoms with E-state index >= 15 is 0 Å². The Morgan fingerprint density at radius 3 is 2.93 bits per heavy atom. The molecule has 0 unspecified atom stereocenters. The van der Waals surface area contributed by atoms with Crippen LogP contribution in [-0.4, -0.2) is 19.9 Å². The van der Waals surface area contributed by atoms with Gasteiger partial charge in [0.25, 0.3) is 0 Å². The molecule has 2 rings (SSSR count). The molecule has 0 aliphatic heterocycles. The summed E-state index contributed by atoms with van der Waals surface area (Å²) in [4.78, 5) is 3.90. The van der Waals surface area contributed by atoms with Gasteiger partial charge in [-0.25, -0.2) is 0 Å².